The lowest BCUT2D eigenvalue weighted by Gasteiger charge is -2.39. The van der Waals surface area contributed by atoms with Gasteiger partial charge in [0.25, 0.3) is 0 Å². The van der Waals surface area contributed by atoms with E-state index in [4.69, 9.17) is 9.97 Å². The minimum absolute atomic E-state index is 0.0197. The molecule has 3 aliphatic heterocycles. The summed E-state index contributed by atoms with van der Waals surface area (Å²) in [7, 11) is 0. The van der Waals surface area contributed by atoms with Gasteiger partial charge in [-0.15, -0.1) is 0 Å². The summed E-state index contributed by atoms with van der Waals surface area (Å²) in [5.41, 5.74) is 3.28. The van der Waals surface area contributed by atoms with E-state index in [-0.39, 0.29) is 24.2 Å². The van der Waals surface area contributed by atoms with Gasteiger partial charge in [0.1, 0.15) is 17.4 Å². The Labute approximate surface area is 235 Å². The minimum Gasteiger partial charge on any atom is -0.508 e. The molecule has 2 saturated heterocycles. The molecule has 0 saturated carbocycles. The fourth-order valence-electron chi connectivity index (χ4n) is 6.44. The van der Waals surface area contributed by atoms with Gasteiger partial charge in [0.2, 0.25) is 5.91 Å². The number of hydrogen-bond donors (Lipinski definition) is 2. The van der Waals surface area contributed by atoms with E-state index in [1.165, 1.54) is 11.6 Å². The summed E-state index contributed by atoms with van der Waals surface area (Å²) in [4.78, 5) is 31.4. The van der Waals surface area contributed by atoms with Crippen LogP contribution in [0, 0.1) is 0 Å². The number of aromatic hydroxyl groups is 1. The Morgan fingerprint density at radius 1 is 1.00 bits per heavy atom. The number of benzene rings is 2. The highest BCUT2D eigenvalue weighted by molar-refractivity contribution is 5.95. The van der Waals surface area contributed by atoms with Crippen LogP contribution in [0.2, 0.25) is 0 Å². The Morgan fingerprint density at radius 3 is 2.52 bits per heavy atom. The summed E-state index contributed by atoms with van der Waals surface area (Å²) in [6.07, 6.45) is 4.15. The molecule has 9 nitrogen and oxygen atoms in total. The van der Waals surface area contributed by atoms with Gasteiger partial charge in [-0.25, -0.2) is 9.97 Å². The number of piperazine rings is 1. The maximum Gasteiger partial charge on any atom is 0.246 e. The average molecular weight is 543 g/mol. The maximum atomic E-state index is 12.2. The number of nitrogens with zero attached hydrogens (tertiary/aromatic N) is 6. The fraction of sp³-hybridized carbons (Fsp3) is 0.452. The van der Waals surface area contributed by atoms with Gasteiger partial charge in [0, 0.05) is 67.9 Å². The number of phenols is 1. The van der Waals surface area contributed by atoms with Crippen LogP contribution in [0.5, 0.6) is 5.75 Å². The van der Waals surface area contributed by atoms with Crippen LogP contribution in [0.3, 0.4) is 0 Å². The van der Waals surface area contributed by atoms with E-state index in [1.54, 1.807) is 0 Å². The fourth-order valence-corrected chi connectivity index (χ4v) is 6.44. The summed E-state index contributed by atoms with van der Waals surface area (Å²) in [5, 5.41) is 22.0. The summed E-state index contributed by atoms with van der Waals surface area (Å²) in [6.45, 7) is 10.7. The number of carbonyl (C=O) groups excluding carboxylic acids is 1. The van der Waals surface area contributed by atoms with Gasteiger partial charge in [0.15, 0.2) is 0 Å². The first-order valence-electron chi connectivity index (χ1n) is 14.4. The molecule has 2 fully saturated rings. The molecule has 9 heteroatoms. The molecule has 4 heterocycles. The third kappa shape index (κ3) is 5.23. The molecule has 0 unspecified atom stereocenters. The summed E-state index contributed by atoms with van der Waals surface area (Å²) in [5.74, 6) is 2.45. The SMILES string of the molecule is C=CC(=O)N1CCN(c2nc(C3CCN(CCO)CC3)nc3c2CCN(c2cc(O)cc4ccccc24)C3)CC1. The number of aliphatic hydroxyl groups excluding tert-OH is 1. The van der Waals surface area contributed by atoms with Crippen molar-refractivity contribution >= 4 is 28.2 Å². The van der Waals surface area contributed by atoms with E-state index in [9.17, 15) is 15.0 Å². The summed E-state index contributed by atoms with van der Waals surface area (Å²) < 4.78 is 0. The Hall–Kier alpha value is -3.69. The zero-order valence-electron chi connectivity index (χ0n) is 23.0. The highest BCUT2D eigenvalue weighted by Crippen LogP contribution is 2.37. The van der Waals surface area contributed by atoms with Crippen LogP contribution in [0.25, 0.3) is 10.8 Å². The van der Waals surface area contributed by atoms with E-state index < -0.39 is 0 Å². The quantitative estimate of drug-likeness (QED) is 0.459. The van der Waals surface area contributed by atoms with Gasteiger partial charge in [-0.2, -0.15) is 0 Å². The molecule has 3 aromatic rings. The Morgan fingerprint density at radius 2 is 1.77 bits per heavy atom. The van der Waals surface area contributed by atoms with Crippen LogP contribution in [-0.2, 0) is 17.8 Å². The van der Waals surface area contributed by atoms with Gasteiger partial charge in [-0.3, -0.25) is 4.79 Å². The Bertz CT molecular complexity index is 1400. The average Bonchev–Trinajstić information content (AvgIpc) is 3.00. The number of carbonyl (C=O) groups is 1. The van der Waals surface area contributed by atoms with E-state index in [2.05, 4.69) is 27.3 Å². The standard InChI is InChI=1S/C31H38N6O3/c1-2-29(40)35-13-15-36(16-14-35)31-26-9-12-37(28-20-24(39)19-23-5-3-4-6-25(23)28)21-27(26)32-30(33-31)22-7-10-34(11-8-22)17-18-38/h2-6,19-20,22,38-39H,1,7-18,21H2. The van der Waals surface area contributed by atoms with E-state index in [1.807, 2.05) is 35.2 Å². The zero-order valence-corrected chi connectivity index (χ0v) is 23.0. The Kier molecular flexibility index (Phi) is 7.58. The molecule has 0 bridgehead atoms. The number of amides is 1. The van der Waals surface area contributed by atoms with Gasteiger partial charge in [-0.05, 0) is 49.9 Å². The number of rotatable bonds is 6. The number of aromatic nitrogens is 2. The van der Waals surface area contributed by atoms with Gasteiger partial charge in [0.05, 0.1) is 18.8 Å². The lowest BCUT2D eigenvalue weighted by molar-refractivity contribution is -0.126. The lowest BCUT2D eigenvalue weighted by Crippen LogP contribution is -2.49. The molecule has 0 aliphatic carbocycles. The molecule has 210 valence electrons. The second kappa shape index (κ2) is 11.4. The van der Waals surface area contributed by atoms with E-state index in [0.717, 1.165) is 85.8 Å². The summed E-state index contributed by atoms with van der Waals surface area (Å²) >= 11 is 0. The normalized spacial score (nSPS) is 18.7. The molecule has 6 rings (SSSR count). The number of likely N-dealkylation sites (tertiary alicyclic amines) is 1. The molecule has 2 N–H and O–H groups in total. The predicted molar refractivity (Wildman–Crippen MR) is 157 cm³/mol. The van der Waals surface area contributed by atoms with Crippen molar-refractivity contribution in [2.75, 3.05) is 68.8 Å². The van der Waals surface area contributed by atoms with Crippen molar-refractivity contribution in [2.45, 2.75) is 31.7 Å². The van der Waals surface area contributed by atoms with E-state index >= 15 is 0 Å². The second-order valence-electron chi connectivity index (χ2n) is 11.0. The molecule has 1 amide bonds. The number of fused-ring (bicyclic) bond motifs is 2. The third-order valence-corrected chi connectivity index (χ3v) is 8.66. The first kappa shape index (κ1) is 26.5. The highest BCUT2D eigenvalue weighted by atomic mass is 16.3. The number of β-amino-alcohol motifs (C(OH)–C–C–N with tert-alkyl or cyclic N) is 1. The Balaban J connectivity index is 1.33. The molecule has 2 aromatic carbocycles. The third-order valence-electron chi connectivity index (χ3n) is 8.66. The minimum atomic E-state index is -0.0197. The maximum absolute atomic E-state index is 12.2. The molecular weight excluding hydrogens is 504 g/mol. The van der Waals surface area contributed by atoms with Crippen LogP contribution in [0.4, 0.5) is 11.5 Å². The van der Waals surface area contributed by atoms with Crippen molar-refractivity contribution in [3.63, 3.8) is 0 Å². The van der Waals surface area contributed by atoms with Crippen molar-refractivity contribution in [3.05, 3.63) is 66.1 Å². The van der Waals surface area contributed by atoms with Crippen LogP contribution in [0.15, 0.2) is 49.1 Å². The zero-order chi connectivity index (χ0) is 27.6. The monoisotopic (exact) mass is 542 g/mol. The summed E-state index contributed by atoms with van der Waals surface area (Å²) in [6, 6.07) is 11.9. The number of aliphatic hydroxyl groups is 1. The lowest BCUT2D eigenvalue weighted by atomic mass is 9.94. The van der Waals surface area contributed by atoms with Gasteiger partial charge in [-0.1, -0.05) is 30.8 Å². The largest absolute Gasteiger partial charge is 0.508 e. The van der Waals surface area contributed by atoms with Crippen LogP contribution >= 0.6 is 0 Å². The molecule has 0 spiro atoms. The predicted octanol–water partition coefficient (Wildman–Crippen LogP) is 2.90. The number of hydrogen-bond acceptors (Lipinski definition) is 8. The molecular formula is C31H38N6O3. The smallest absolute Gasteiger partial charge is 0.246 e. The van der Waals surface area contributed by atoms with Crippen molar-refractivity contribution < 1.29 is 15.0 Å². The van der Waals surface area contributed by atoms with Crippen molar-refractivity contribution in [2.24, 2.45) is 0 Å². The van der Waals surface area contributed by atoms with Gasteiger partial charge < -0.3 is 29.8 Å². The second-order valence-corrected chi connectivity index (χ2v) is 11.0. The van der Waals surface area contributed by atoms with Crippen molar-refractivity contribution in [1.29, 1.82) is 0 Å². The van der Waals surface area contributed by atoms with Gasteiger partial charge >= 0.3 is 0 Å². The highest BCUT2D eigenvalue weighted by Gasteiger charge is 2.31. The first-order valence-corrected chi connectivity index (χ1v) is 14.4. The topological polar surface area (TPSA) is 96.3 Å². The van der Waals surface area contributed by atoms with Crippen molar-refractivity contribution in [1.82, 2.24) is 19.8 Å². The van der Waals surface area contributed by atoms with Crippen LogP contribution in [0.1, 0.15) is 35.8 Å². The van der Waals surface area contributed by atoms with Crippen LogP contribution < -0.4 is 9.80 Å². The molecule has 0 atom stereocenters. The molecule has 3 aliphatic rings. The van der Waals surface area contributed by atoms with Crippen LogP contribution in [-0.4, -0.2) is 94.9 Å². The number of anilines is 2. The van der Waals surface area contributed by atoms with Crippen molar-refractivity contribution in [3.8, 4) is 5.75 Å². The number of piperidine rings is 1. The number of phenolic OH excluding ortho intramolecular Hbond substituents is 1. The molecule has 40 heavy (non-hydrogen) atoms. The molecule has 1 aromatic heterocycles. The van der Waals surface area contributed by atoms with E-state index in [0.29, 0.717) is 26.2 Å². The first-order chi connectivity index (χ1) is 19.5. The molecule has 0 radical (unpaired) electrons.